The van der Waals surface area contributed by atoms with Crippen molar-refractivity contribution in [3.8, 4) is 11.5 Å². The van der Waals surface area contributed by atoms with Crippen molar-refractivity contribution in [3.63, 3.8) is 0 Å². The predicted octanol–water partition coefficient (Wildman–Crippen LogP) is 0.351. The van der Waals surface area contributed by atoms with Crippen LogP contribution in [0.25, 0.3) is 0 Å². The van der Waals surface area contributed by atoms with Crippen LogP contribution in [0.2, 0.25) is 0 Å². The number of guanidine groups is 1. The molecule has 1 aliphatic rings. The number of nitrogens with zero attached hydrogens (tertiary/aromatic N) is 2. The molecule has 1 atom stereocenters. The zero-order chi connectivity index (χ0) is 15.9. The number of hydrogen-bond donors (Lipinski definition) is 2. The summed E-state index contributed by atoms with van der Waals surface area (Å²) in [6.45, 7) is 3.62. The Kier molecular flexibility index (Phi) is 5.85. The van der Waals surface area contributed by atoms with Crippen molar-refractivity contribution in [2.75, 3.05) is 47.1 Å². The van der Waals surface area contributed by atoms with E-state index in [1.807, 2.05) is 18.2 Å². The number of rotatable bonds is 6. The van der Waals surface area contributed by atoms with Crippen LogP contribution in [0.4, 0.5) is 0 Å². The third-order valence-corrected chi connectivity index (χ3v) is 3.73. The summed E-state index contributed by atoms with van der Waals surface area (Å²) >= 11 is 0. The molecular formula is C15H24N4O3. The van der Waals surface area contributed by atoms with E-state index in [0.717, 1.165) is 18.7 Å². The highest BCUT2D eigenvalue weighted by atomic mass is 16.5. The van der Waals surface area contributed by atoms with Gasteiger partial charge in [-0.05, 0) is 17.7 Å². The first kappa shape index (κ1) is 16.4. The Bertz CT molecular complexity index is 512. The van der Waals surface area contributed by atoms with Crippen molar-refractivity contribution in [1.29, 1.82) is 0 Å². The van der Waals surface area contributed by atoms with E-state index in [4.69, 9.17) is 25.7 Å². The molecule has 0 amide bonds. The van der Waals surface area contributed by atoms with Crippen molar-refractivity contribution in [3.05, 3.63) is 23.8 Å². The summed E-state index contributed by atoms with van der Waals surface area (Å²) in [7, 11) is 3.25. The van der Waals surface area contributed by atoms with Gasteiger partial charge in [-0.25, -0.2) is 0 Å². The highest BCUT2D eigenvalue weighted by Crippen LogP contribution is 2.32. The van der Waals surface area contributed by atoms with Gasteiger partial charge in [-0.15, -0.1) is 0 Å². The second-order valence-corrected chi connectivity index (χ2v) is 5.04. The minimum absolute atomic E-state index is 0.0748. The van der Waals surface area contributed by atoms with E-state index in [0.29, 0.717) is 31.3 Å². The van der Waals surface area contributed by atoms with E-state index in [1.165, 1.54) is 0 Å². The molecule has 1 unspecified atom stereocenters. The van der Waals surface area contributed by atoms with E-state index in [1.54, 1.807) is 14.2 Å². The minimum Gasteiger partial charge on any atom is -0.493 e. The van der Waals surface area contributed by atoms with Crippen LogP contribution < -0.4 is 20.9 Å². The monoisotopic (exact) mass is 308 g/mol. The van der Waals surface area contributed by atoms with Crippen LogP contribution in [0.1, 0.15) is 11.6 Å². The van der Waals surface area contributed by atoms with Crippen LogP contribution in [0.15, 0.2) is 23.2 Å². The lowest BCUT2D eigenvalue weighted by Crippen LogP contribution is -2.40. The van der Waals surface area contributed by atoms with Crippen LogP contribution in [0, 0.1) is 0 Å². The predicted molar refractivity (Wildman–Crippen MR) is 85.4 cm³/mol. The van der Waals surface area contributed by atoms with Crippen LogP contribution in [0.3, 0.4) is 0 Å². The minimum atomic E-state index is 0.0748. The number of morpholine rings is 1. The highest BCUT2D eigenvalue weighted by Gasteiger charge is 2.23. The normalized spacial score (nSPS) is 16.8. The van der Waals surface area contributed by atoms with Gasteiger partial charge >= 0.3 is 0 Å². The fourth-order valence-corrected chi connectivity index (χ4v) is 2.57. The summed E-state index contributed by atoms with van der Waals surface area (Å²) < 4.78 is 16.1. The molecule has 4 N–H and O–H groups in total. The summed E-state index contributed by atoms with van der Waals surface area (Å²) in [4.78, 5) is 6.51. The van der Waals surface area contributed by atoms with Gasteiger partial charge in [0.2, 0.25) is 0 Å². The average molecular weight is 308 g/mol. The van der Waals surface area contributed by atoms with Gasteiger partial charge in [0.05, 0.1) is 40.0 Å². The molecular weight excluding hydrogens is 284 g/mol. The van der Waals surface area contributed by atoms with Crippen molar-refractivity contribution in [2.24, 2.45) is 16.5 Å². The van der Waals surface area contributed by atoms with Crippen LogP contribution in [0.5, 0.6) is 11.5 Å². The maximum atomic E-state index is 5.49. The van der Waals surface area contributed by atoms with Crippen molar-refractivity contribution in [2.45, 2.75) is 6.04 Å². The lowest BCUT2D eigenvalue weighted by atomic mass is 10.0. The summed E-state index contributed by atoms with van der Waals surface area (Å²) in [5.74, 6) is 1.50. The van der Waals surface area contributed by atoms with Gasteiger partial charge in [-0.3, -0.25) is 9.89 Å². The maximum absolute atomic E-state index is 5.49. The van der Waals surface area contributed by atoms with Gasteiger partial charge in [0.15, 0.2) is 17.5 Å². The molecule has 0 aliphatic carbocycles. The Morgan fingerprint density at radius 1 is 1.23 bits per heavy atom. The van der Waals surface area contributed by atoms with E-state index in [9.17, 15) is 0 Å². The molecule has 0 saturated carbocycles. The van der Waals surface area contributed by atoms with Gasteiger partial charge < -0.3 is 25.7 Å². The Morgan fingerprint density at radius 2 is 1.91 bits per heavy atom. The molecule has 1 aromatic rings. The molecule has 1 aliphatic heterocycles. The Morgan fingerprint density at radius 3 is 2.50 bits per heavy atom. The van der Waals surface area contributed by atoms with Crippen LogP contribution in [-0.2, 0) is 4.74 Å². The molecule has 1 saturated heterocycles. The second-order valence-electron chi connectivity index (χ2n) is 5.04. The number of methoxy groups -OCH3 is 2. The first-order valence-electron chi connectivity index (χ1n) is 7.24. The molecule has 22 heavy (non-hydrogen) atoms. The SMILES string of the molecule is COc1ccc(C(CN=C(N)N)N2CCOCC2)cc1OC. The van der Waals surface area contributed by atoms with Crippen molar-refractivity contribution >= 4 is 5.96 Å². The van der Waals surface area contributed by atoms with E-state index < -0.39 is 0 Å². The van der Waals surface area contributed by atoms with Crippen molar-refractivity contribution < 1.29 is 14.2 Å². The summed E-state index contributed by atoms with van der Waals surface area (Å²) in [6.07, 6.45) is 0. The van der Waals surface area contributed by atoms with Gasteiger partial charge in [0.1, 0.15) is 0 Å². The molecule has 1 fully saturated rings. The lowest BCUT2D eigenvalue weighted by molar-refractivity contribution is 0.0179. The third kappa shape index (κ3) is 4.02. The molecule has 2 rings (SSSR count). The molecule has 0 radical (unpaired) electrons. The lowest BCUT2D eigenvalue weighted by Gasteiger charge is -2.34. The molecule has 1 heterocycles. The molecule has 7 nitrogen and oxygen atoms in total. The van der Waals surface area contributed by atoms with E-state index in [-0.39, 0.29) is 12.0 Å². The number of hydrogen-bond acceptors (Lipinski definition) is 5. The largest absolute Gasteiger partial charge is 0.493 e. The Hall–Kier alpha value is -1.99. The highest BCUT2D eigenvalue weighted by molar-refractivity contribution is 5.75. The third-order valence-electron chi connectivity index (χ3n) is 3.73. The Balaban J connectivity index is 2.28. The van der Waals surface area contributed by atoms with Gasteiger partial charge in [0.25, 0.3) is 0 Å². The molecule has 0 spiro atoms. The fraction of sp³-hybridized carbons (Fsp3) is 0.533. The average Bonchev–Trinajstić information content (AvgIpc) is 2.55. The number of ether oxygens (including phenoxy) is 3. The summed E-state index contributed by atoms with van der Waals surface area (Å²) in [5, 5.41) is 0. The quantitative estimate of drug-likeness (QED) is 0.581. The Labute approximate surface area is 130 Å². The van der Waals surface area contributed by atoms with Crippen molar-refractivity contribution in [1.82, 2.24) is 4.90 Å². The van der Waals surface area contributed by atoms with Gasteiger partial charge in [-0.2, -0.15) is 0 Å². The standard InChI is InChI=1S/C15H24N4O3/c1-20-13-4-3-11(9-14(13)21-2)12(10-18-15(16)17)19-5-7-22-8-6-19/h3-4,9,12H,5-8,10H2,1-2H3,(H4,16,17,18). The van der Waals surface area contributed by atoms with Crippen LogP contribution >= 0.6 is 0 Å². The number of benzene rings is 1. The first-order chi connectivity index (χ1) is 10.7. The molecule has 1 aromatic carbocycles. The zero-order valence-electron chi connectivity index (χ0n) is 13.1. The van der Waals surface area contributed by atoms with E-state index in [2.05, 4.69) is 9.89 Å². The summed E-state index contributed by atoms with van der Waals surface area (Å²) in [5.41, 5.74) is 12.1. The zero-order valence-corrected chi connectivity index (χ0v) is 13.1. The second kappa shape index (κ2) is 7.86. The van der Waals surface area contributed by atoms with Gasteiger partial charge in [0, 0.05) is 13.1 Å². The molecule has 0 aromatic heterocycles. The smallest absolute Gasteiger partial charge is 0.185 e. The maximum Gasteiger partial charge on any atom is 0.185 e. The number of aliphatic imine (C=N–C) groups is 1. The fourth-order valence-electron chi connectivity index (χ4n) is 2.57. The topological polar surface area (TPSA) is 95.3 Å². The first-order valence-corrected chi connectivity index (χ1v) is 7.24. The van der Waals surface area contributed by atoms with Crippen LogP contribution in [-0.4, -0.2) is 57.9 Å². The van der Waals surface area contributed by atoms with Gasteiger partial charge in [-0.1, -0.05) is 6.07 Å². The molecule has 122 valence electrons. The molecule has 7 heteroatoms. The molecule has 0 bridgehead atoms. The van der Waals surface area contributed by atoms with E-state index >= 15 is 0 Å². The number of nitrogens with two attached hydrogens (primary N) is 2. The summed E-state index contributed by atoms with van der Waals surface area (Å²) in [6, 6.07) is 5.97.